The highest BCUT2D eigenvalue weighted by atomic mass is 15.1. The molecular formula is C13H26N2. The van der Waals surface area contributed by atoms with Gasteiger partial charge in [-0.3, -0.25) is 4.90 Å². The molecule has 1 N–H and O–H groups in total. The van der Waals surface area contributed by atoms with Crippen molar-refractivity contribution in [3.8, 4) is 0 Å². The van der Waals surface area contributed by atoms with Gasteiger partial charge in [-0.25, -0.2) is 0 Å². The van der Waals surface area contributed by atoms with E-state index in [1.165, 1.54) is 38.0 Å². The zero-order valence-electron chi connectivity index (χ0n) is 10.6. The van der Waals surface area contributed by atoms with Gasteiger partial charge in [-0.05, 0) is 44.8 Å². The lowest BCUT2D eigenvalue weighted by atomic mass is 9.80. The molecule has 0 aromatic heterocycles. The molecule has 0 aromatic rings. The zero-order valence-corrected chi connectivity index (χ0v) is 10.6. The van der Waals surface area contributed by atoms with Crippen LogP contribution in [0.15, 0.2) is 12.2 Å². The lowest BCUT2D eigenvalue weighted by Gasteiger charge is -2.38. The average Bonchev–Trinajstić information content (AvgIpc) is 2.16. The van der Waals surface area contributed by atoms with Gasteiger partial charge >= 0.3 is 0 Å². The Morgan fingerprint density at radius 1 is 1.40 bits per heavy atom. The van der Waals surface area contributed by atoms with Crippen molar-refractivity contribution < 1.29 is 0 Å². The van der Waals surface area contributed by atoms with Crippen molar-refractivity contribution in [3.05, 3.63) is 12.2 Å². The second-order valence-corrected chi connectivity index (χ2v) is 5.32. The third-order valence-corrected chi connectivity index (χ3v) is 3.36. The van der Waals surface area contributed by atoms with Crippen LogP contribution in [0.2, 0.25) is 0 Å². The Labute approximate surface area is 94.7 Å². The van der Waals surface area contributed by atoms with Gasteiger partial charge in [0.2, 0.25) is 0 Å². The predicted octanol–water partition coefficient (Wildman–Crippen LogP) is 2.27. The summed E-state index contributed by atoms with van der Waals surface area (Å²) in [7, 11) is 0. The van der Waals surface area contributed by atoms with Crippen molar-refractivity contribution in [1.82, 2.24) is 10.2 Å². The third kappa shape index (κ3) is 4.35. The molecule has 0 amide bonds. The molecule has 1 fully saturated rings. The number of piperidine rings is 1. The van der Waals surface area contributed by atoms with Crippen molar-refractivity contribution in [2.45, 2.75) is 33.6 Å². The van der Waals surface area contributed by atoms with E-state index in [1.807, 2.05) is 0 Å². The van der Waals surface area contributed by atoms with Gasteiger partial charge in [0.1, 0.15) is 0 Å². The second kappa shape index (κ2) is 5.66. The quantitative estimate of drug-likeness (QED) is 0.700. The van der Waals surface area contributed by atoms with E-state index in [1.54, 1.807) is 0 Å². The van der Waals surface area contributed by atoms with Gasteiger partial charge in [0.15, 0.2) is 0 Å². The van der Waals surface area contributed by atoms with Gasteiger partial charge in [-0.2, -0.15) is 0 Å². The van der Waals surface area contributed by atoms with Crippen LogP contribution in [0.1, 0.15) is 33.6 Å². The summed E-state index contributed by atoms with van der Waals surface area (Å²) in [5, 5.41) is 3.44. The van der Waals surface area contributed by atoms with E-state index in [0.717, 1.165) is 13.1 Å². The van der Waals surface area contributed by atoms with Crippen LogP contribution in [0.4, 0.5) is 0 Å². The smallest absolute Gasteiger partial charge is 0.0187 e. The first kappa shape index (κ1) is 12.7. The number of rotatable bonds is 5. The first-order valence-corrected chi connectivity index (χ1v) is 6.13. The molecule has 1 aliphatic rings. The largest absolute Gasteiger partial charge is 0.317 e. The van der Waals surface area contributed by atoms with Crippen molar-refractivity contribution in [2.75, 3.05) is 32.7 Å². The maximum atomic E-state index is 4.00. The lowest BCUT2D eigenvalue weighted by Crippen LogP contribution is -2.43. The molecule has 1 saturated heterocycles. The molecule has 1 aliphatic heterocycles. The monoisotopic (exact) mass is 210 g/mol. The summed E-state index contributed by atoms with van der Waals surface area (Å²) in [6.07, 6.45) is 2.61. The van der Waals surface area contributed by atoms with Gasteiger partial charge in [-0.15, -0.1) is 0 Å². The number of likely N-dealkylation sites (N-methyl/N-ethyl adjacent to an activating group) is 1. The minimum Gasteiger partial charge on any atom is -0.317 e. The molecule has 88 valence electrons. The van der Waals surface area contributed by atoms with Crippen molar-refractivity contribution in [1.29, 1.82) is 0 Å². The first-order chi connectivity index (χ1) is 7.06. The van der Waals surface area contributed by atoms with E-state index in [9.17, 15) is 0 Å². The molecule has 2 nitrogen and oxygen atoms in total. The molecule has 2 heteroatoms. The predicted molar refractivity (Wildman–Crippen MR) is 67.1 cm³/mol. The molecule has 0 aliphatic carbocycles. The molecule has 0 bridgehead atoms. The van der Waals surface area contributed by atoms with E-state index >= 15 is 0 Å². The summed E-state index contributed by atoms with van der Waals surface area (Å²) < 4.78 is 0. The van der Waals surface area contributed by atoms with Crippen molar-refractivity contribution in [3.63, 3.8) is 0 Å². The van der Waals surface area contributed by atoms with Crippen molar-refractivity contribution >= 4 is 0 Å². The van der Waals surface area contributed by atoms with Crippen LogP contribution < -0.4 is 5.32 Å². The molecule has 0 radical (unpaired) electrons. The molecule has 0 spiro atoms. The lowest BCUT2D eigenvalue weighted by molar-refractivity contribution is 0.139. The topological polar surface area (TPSA) is 15.3 Å². The highest BCUT2D eigenvalue weighted by molar-refractivity contribution is 4.93. The SMILES string of the molecule is C=C(C)CN(CC)CC1(C)CCNCC1. The van der Waals surface area contributed by atoms with Crippen LogP contribution >= 0.6 is 0 Å². The molecule has 0 saturated carbocycles. The van der Waals surface area contributed by atoms with Gasteiger partial charge in [0.05, 0.1) is 0 Å². The Morgan fingerprint density at radius 3 is 2.47 bits per heavy atom. The fourth-order valence-corrected chi connectivity index (χ4v) is 2.39. The van der Waals surface area contributed by atoms with Gasteiger partial charge < -0.3 is 5.32 Å². The molecule has 0 unspecified atom stereocenters. The number of hydrogen-bond acceptors (Lipinski definition) is 2. The second-order valence-electron chi connectivity index (χ2n) is 5.32. The summed E-state index contributed by atoms with van der Waals surface area (Å²) >= 11 is 0. The van der Waals surface area contributed by atoms with Crippen LogP contribution in [-0.2, 0) is 0 Å². The summed E-state index contributed by atoms with van der Waals surface area (Å²) in [4.78, 5) is 2.52. The summed E-state index contributed by atoms with van der Waals surface area (Å²) in [5.41, 5.74) is 1.78. The van der Waals surface area contributed by atoms with Crippen LogP contribution in [-0.4, -0.2) is 37.6 Å². The van der Waals surface area contributed by atoms with E-state index in [0.29, 0.717) is 5.41 Å². The molecule has 15 heavy (non-hydrogen) atoms. The van der Waals surface area contributed by atoms with E-state index in [-0.39, 0.29) is 0 Å². The van der Waals surface area contributed by atoms with Gasteiger partial charge in [-0.1, -0.05) is 26.0 Å². The van der Waals surface area contributed by atoms with Crippen molar-refractivity contribution in [2.24, 2.45) is 5.41 Å². The van der Waals surface area contributed by atoms with Crippen LogP contribution in [0.5, 0.6) is 0 Å². The minimum atomic E-state index is 0.511. The Bertz CT molecular complexity index is 205. The number of hydrogen-bond donors (Lipinski definition) is 1. The van der Waals surface area contributed by atoms with E-state index < -0.39 is 0 Å². The standard InChI is InChI=1S/C13H26N2/c1-5-15(10-12(2)3)11-13(4)6-8-14-9-7-13/h14H,2,5-11H2,1,3-4H3. The fourth-order valence-electron chi connectivity index (χ4n) is 2.39. The molecular weight excluding hydrogens is 184 g/mol. The van der Waals surface area contributed by atoms with Gasteiger partial charge in [0, 0.05) is 13.1 Å². The Hall–Kier alpha value is -0.340. The average molecular weight is 210 g/mol. The van der Waals surface area contributed by atoms with E-state index in [4.69, 9.17) is 0 Å². The first-order valence-electron chi connectivity index (χ1n) is 6.13. The maximum absolute atomic E-state index is 4.00. The highest BCUT2D eigenvalue weighted by Gasteiger charge is 2.28. The zero-order chi connectivity index (χ0) is 11.3. The van der Waals surface area contributed by atoms with Crippen LogP contribution in [0.3, 0.4) is 0 Å². The van der Waals surface area contributed by atoms with Crippen LogP contribution in [0, 0.1) is 5.41 Å². The Balaban J connectivity index is 2.45. The summed E-state index contributed by atoms with van der Waals surface area (Å²) in [6.45, 7) is 16.6. The maximum Gasteiger partial charge on any atom is 0.0187 e. The Kier molecular flexibility index (Phi) is 4.81. The molecule has 0 atom stereocenters. The summed E-state index contributed by atoms with van der Waals surface area (Å²) in [6, 6.07) is 0. The molecule has 1 rings (SSSR count). The Morgan fingerprint density at radius 2 is 2.00 bits per heavy atom. The minimum absolute atomic E-state index is 0.511. The fraction of sp³-hybridized carbons (Fsp3) is 0.846. The highest BCUT2D eigenvalue weighted by Crippen LogP contribution is 2.28. The van der Waals surface area contributed by atoms with Crippen LogP contribution in [0.25, 0.3) is 0 Å². The number of nitrogens with zero attached hydrogens (tertiary/aromatic N) is 1. The summed E-state index contributed by atoms with van der Waals surface area (Å²) in [5.74, 6) is 0. The van der Waals surface area contributed by atoms with Gasteiger partial charge in [0.25, 0.3) is 0 Å². The molecule has 0 aromatic carbocycles. The normalized spacial score (nSPS) is 20.5. The third-order valence-electron chi connectivity index (χ3n) is 3.36. The molecule has 1 heterocycles. The van der Waals surface area contributed by atoms with E-state index in [2.05, 4.69) is 37.6 Å². The number of nitrogens with one attached hydrogen (secondary N) is 1.